The Morgan fingerprint density at radius 2 is 1.81 bits per heavy atom. The van der Waals surface area contributed by atoms with E-state index in [2.05, 4.69) is 10.2 Å². The molecule has 0 spiro atoms. The summed E-state index contributed by atoms with van der Waals surface area (Å²) in [4.78, 5) is 24.1. The van der Waals surface area contributed by atoms with Crippen molar-refractivity contribution in [2.75, 3.05) is 12.5 Å². The zero-order chi connectivity index (χ0) is 19.4. The number of halogens is 3. The van der Waals surface area contributed by atoms with Crippen LogP contribution in [0.4, 0.5) is 18.9 Å². The number of para-hydroxylation sites is 1. The smallest absolute Gasteiger partial charge is 0.438 e. The monoisotopic (exact) mass is 371 g/mol. The Morgan fingerprint density at radius 1 is 1.12 bits per heavy atom. The minimum Gasteiger partial charge on any atom is -0.466 e. The molecule has 0 unspecified atom stereocenters. The van der Waals surface area contributed by atoms with Crippen molar-refractivity contribution < 1.29 is 31.9 Å². The SMILES string of the molecule is COC(=O)[C@](NNc1ccccc1C)(NC(=O)c1ccco1)C(F)(F)F. The van der Waals surface area contributed by atoms with Gasteiger partial charge in [-0.05, 0) is 30.7 Å². The summed E-state index contributed by atoms with van der Waals surface area (Å²) < 4.78 is 50.3. The number of benzene rings is 1. The third kappa shape index (κ3) is 3.80. The highest BCUT2D eigenvalue weighted by Gasteiger charge is 2.63. The van der Waals surface area contributed by atoms with Crippen molar-refractivity contribution in [3.63, 3.8) is 0 Å². The number of ether oxygens (including phenoxy) is 1. The standard InChI is InChI=1S/C16H16F3N3O4/c1-10-6-3-4-7-11(10)21-22-15(14(24)25-2,16(17,18)19)20-13(23)12-8-5-9-26-12/h3-9,21-22H,1-2H3,(H,20,23)/t15-/m1/s1. The van der Waals surface area contributed by atoms with Gasteiger partial charge in [0.25, 0.3) is 5.91 Å². The van der Waals surface area contributed by atoms with Crippen LogP contribution in [0.1, 0.15) is 16.1 Å². The van der Waals surface area contributed by atoms with Gasteiger partial charge < -0.3 is 19.9 Å². The van der Waals surface area contributed by atoms with Crippen molar-refractivity contribution in [3.8, 4) is 0 Å². The number of rotatable bonds is 6. The molecule has 0 fully saturated rings. The summed E-state index contributed by atoms with van der Waals surface area (Å²) >= 11 is 0. The molecule has 0 aliphatic heterocycles. The average molecular weight is 371 g/mol. The molecule has 0 radical (unpaired) electrons. The first kappa shape index (κ1) is 19.3. The van der Waals surface area contributed by atoms with Crippen molar-refractivity contribution in [1.29, 1.82) is 0 Å². The van der Waals surface area contributed by atoms with Gasteiger partial charge in [-0.3, -0.25) is 4.79 Å². The second-order valence-electron chi connectivity index (χ2n) is 5.24. The Kier molecular flexibility index (Phi) is 5.56. The molecule has 0 saturated heterocycles. The lowest BCUT2D eigenvalue weighted by atomic mass is 10.1. The summed E-state index contributed by atoms with van der Waals surface area (Å²) in [5.74, 6) is -3.41. The van der Waals surface area contributed by atoms with Crippen LogP contribution in [0.3, 0.4) is 0 Å². The normalized spacial score (nSPS) is 13.6. The number of carbonyl (C=O) groups excluding carboxylic acids is 2. The summed E-state index contributed by atoms with van der Waals surface area (Å²) in [7, 11) is 0.775. The van der Waals surface area contributed by atoms with Crippen molar-refractivity contribution in [3.05, 3.63) is 54.0 Å². The van der Waals surface area contributed by atoms with Crippen LogP contribution in [0.5, 0.6) is 0 Å². The van der Waals surface area contributed by atoms with Crippen LogP contribution < -0.4 is 16.2 Å². The highest BCUT2D eigenvalue weighted by Crippen LogP contribution is 2.30. The van der Waals surface area contributed by atoms with Crippen LogP contribution in [-0.2, 0) is 9.53 Å². The fraction of sp³-hybridized carbons (Fsp3) is 0.250. The second-order valence-corrected chi connectivity index (χ2v) is 5.24. The van der Waals surface area contributed by atoms with E-state index in [1.54, 1.807) is 30.4 Å². The largest absolute Gasteiger partial charge is 0.466 e. The van der Waals surface area contributed by atoms with Crippen LogP contribution >= 0.6 is 0 Å². The van der Waals surface area contributed by atoms with Gasteiger partial charge >= 0.3 is 17.8 Å². The molecule has 0 saturated carbocycles. The van der Waals surface area contributed by atoms with E-state index in [0.717, 1.165) is 19.4 Å². The maximum Gasteiger partial charge on any atom is 0.438 e. The number of furan rings is 1. The third-order valence-electron chi connectivity index (χ3n) is 3.49. The second kappa shape index (κ2) is 7.48. The number of hydrogen-bond donors (Lipinski definition) is 3. The first-order valence-corrected chi connectivity index (χ1v) is 7.31. The summed E-state index contributed by atoms with van der Waals surface area (Å²) in [6.45, 7) is 1.65. The molecule has 2 aromatic rings. The molecule has 1 aromatic carbocycles. The molecule has 1 amide bonds. The van der Waals surface area contributed by atoms with Gasteiger partial charge in [-0.2, -0.15) is 18.6 Å². The average Bonchev–Trinajstić information content (AvgIpc) is 3.12. The number of esters is 1. The highest BCUT2D eigenvalue weighted by molar-refractivity contribution is 5.96. The van der Waals surface area contributed by atoms with Crippen LogP contribution in [0, 0.1) is 6.92 Å². The first-order chi connectivity index (χ1) is 12.2. The molecule has 0 aliphatic carbocycles. The quantitative estimate of drug-likeness (QED) is 0.410. The summed E-state index contributed by atoms with van der Waals surface area (Å²) in [6.07, 6.45) is -4.13. The van der Waals surface area contributed by atoms with E-state index in [-0.39, 0.29) is 5.69 Å². The predicted octanol–water partition coefficient (Wildman–Crippen LogP) is 2.37. The molecular formula is C16H16F3N3O4. The maximum absolute atomic E-state index is 13.8. The Morgan fingerprint density at radius 3 is 2.35 bits per heavy atom. The zero-order valence-electron chi connectivity index (χ0n) is 13.8. The maximum atomic E-state index is 13.8. The van der Waals surface area contributed by atoms with Gasteiger partial charge in [0, 0.05) is 0 Å². The molecule has 0 aliphatic rings. The van der Waals surface area contributed by atoms with Crippen molar-refractivity contribution in [2.45, 2.75) is 18.8 Å². The number of alkyl halides is 3. The Bertz CT molecular complexity index is 777. The number of amides is 1. The number of nitrogens with one attached hydrogen (secondary N) is 3. The molecule has 140 valence electrons. The van der Waals surface area contributed by atoms with E-state index < -0.39 is 29.5 Å². The van der Waals surface area contributed by atoms with Gasteiger partial charge in [0.05, 0.1) is 19.1 Å². The summed E-state index contributed by atoms with van der Waals surface area (Å²) in [5, 5.41) is 1.61. The van der Waals surface area contributed by atoms with E-state index in [1.807, 2.05) is 5.43 Å². The molecule has 1 heterocycles. The lowest BCUT2D eigenvalue weighted by molar-refractivity contribution is -0.216. The van der Waals surface area contributed by atoms with Crippen LogP contribution in [0.15, 0.2) is 47.1 Å². The van der Waals surface area contributed by atoms with Crippen LogP contribution in [0.2, 0.25) is 0 Å². The highest BCUT2D eigenvalue weighted by atomic mass is 19.4. The van der Waals surface area contributed by atoms with Gasteiger partial charge in [0.2, 0.25) is 0 Å². The van der Waals surface area contributed by atoms with E-state index in [0.29, 0.717) is 5.56 Å². The van der Waals surface area contributed by atoms with E-state index in [4.69, 9.17) is 4.42 Å². The van der Waals surface area contributed by atoms with Crippen molar-refractivity contribution >= 4 is 17.6 Å². The topological polar surface area (TPSA) is 92.6 Å². The van der Waals surface area contributed by atoms with Gasteiger partial charge in [-0.1, -0.05) is 18.2 Å². The molecule has 10 heteroatoms. The number of aryl methyl sites for hydroxylation is 1. The molecule has 7 nitrogen and oxygen atoms in total. The Hall–Kier alpha value is -3.01. The van der Waals surface area contributed by atoms with Crippen molar-refractivity contribution in [1.82, 2.24) is 10.7 Å². The van der Waals surface area contributed by atoms with E-state index >= 15 is 0 Å². The Balaban J connectivity index is 2.37. The molecule has 26 heavy (non-hydrogen) atoms. The first-order valence-electron chi connectivity index (χ1n) is 7.31. The van der Waals surface area contributed by atoms with Crippen LogP contribution in [-0.4, -0.2) is 30.8 Å². The molecular weight excluding hydrogens is 355 g/mol. The van der Waals surface area contributed by atoms with E-state index in [1.165, 1.54) is 12.1 Å². The van der Waals surface area contributed by atoms with Gasteiger partial charge in [-0.15, -0.1) is 0 Å². The predicted molar refractivity (Wildman–Crippen MR) is 84.9 cm³/mol. The lowest BCUT2D eigenvalue weighted by Gasteiger charge is -2.34. The fourth-order valence-electron chi connectivity index (χ4n) is 2.06. The summed E-state index contributed by atoms with van der Waals surface area (Å²) in [5.41, 5.74) is 1.50. The number of hydrazine groups is 1. The number of carbonyl (C=O) groups is 2. The van der Waals surface area contributed by atoms with E-state index in [9.17, 15) is 22.8 Å². The lowest BCUT2D eigenvalue weighted by Crippen LogP contribution is -2.73. The summed E-state index contributed by atoms with van der Waals surface area (Å²) in [6, 6.07) is 8.90. The van der Waals surface area contributed by atoms with Gasteiger partial charge in [-0.25, -0.2) is 4.79 Å². The number of anilines is 1. The fourth-order valence-corrected chi connectivity index (χ4v) is 2.06. The minimum atomic E-state index is -5.24. The number of methoxy groups -OCH3 is 1. The molecule has 0 bridgehead atoms. The molecule has 1 atom stereocenters. The van der Waals surface area contributed by atoms with Crippen molar-refractivity contribution in [2.24, 2.45) is 0 Å². The zero-order valence-corrected chi connectivity index (χ0v) is 13.8. The third-order valence-corrected chi connectivity index (χ3v) is 3.49. The van der Waals surface area contributed by atoms with Crippen LogP contribution in [0.25, 0.3) is 0 Å². The minimum absolute atomic E-state index is 0.275. The Labute approximate surface area is 146 Å². The number of hydrogen-bond acceptors (Lipinski definition) is 6. The molecule has 1 aromatic heterocycles. The van der Waals surface area contributed by atoms with Gasteiger partial charge in [0.15, 0.2) is 5.76 Å². The molecule has 2 rings (SSSR count). The molecule has 3 N–H and O–H groups in total. The van der Waals surface area contributed by atoms with Gasteiger partial charge in [0.1, 0.15) is 0 Å².